The van der Waals surface area contributed by atoms with E-state index in [0.29, 0.717) is 12.1 Å². The molecule has 1 atom stereocenters. The molecule has 0 bridgehead atoms. The zero-order chi connectivity index (χ0) is 15.1. The zero-order valence-electron chi connectivity index (χ0n) is 13.2. The predicted octanol–water partition coefficient (Wildman–Crippen LogP) is 1.79. The maximum Gasteiger partial charge on any atom is 0.214 e. The Balaban J connectivity index is 1.39. The summed E-state index contributed by atoms with van der Waals surface area (Å²) in [5.41, 5.74) is 1.03. The van der Waals surface area contributed by atoms with E-state index in [4.69, 9.17) is 4.74 Å². The van der Waals surface area contributed by atoms with E-state index in [9.17, 15) is 0 Å². The van der Waals surface area contributed by atoms with Gasteiger partial charge in [-0.15, -0.1) is 5.10 Å². The number of aryl methyl sites for hydroxylation is 1. The first-order valence-corrected chi connectivity index (χ1v) is 8.94. The van der Waals surface area contributed by atoms with Crippen molar-refractivity contribution in [3.63, 3.8) is 0 Å². The molecule has 0 radical (unpaired) electrons. The van der Waals surface area contributed by atoms with Gasteiger partial charge in [-0.1, -0.05) is 11.3 Å². The van der Waals surface area contributed by atoms with Gasteiger partial charge in [0.2, 0.25) is 10.1 Å². The maximum atomic E-state index is 5.65. The fourth-order valence-corrected chi connectivity index (χ4v) is 4.51. The van der Waals surface area contributed by atoms with Gasteiger partial charge in [0.25, 0.3) is 0 Å². The molecule has 0 amide bonds. The van der Waals surface area contributed by atoms with E-state index in [-0.39, 0.29) is 0 Å². The third-order valence-corrected chi connectivity index (χ3v) is 5.66. The summed E-state index contributed by atoms with van der Waals surface area (Å²) in [6, 6.07) is 0.703. The van der Waals surface area contributed by atoms with Crippen molar-refractivity contribution in [2.24, 2.45) is 0 Å². The fourth-order valence-electron chi connectivity index (χ4n) is 3.53. The van der Waals surface area contributed by atoms with Crippen molar-refractivity contribution in [3.05, 3.63) is 11.9 Å². The maximum absolute atomic E-state index is 5.65. The monoisotopic (exact) mass is 321 g/mol. The minimum Gasteiger partial charge on any atom is -0.376 e. The number of nitrogens with zero attached hydrogens (tertiary/aromatic N) is 5. The standard InChI is InChI=1S/C15H23N5OS/c1-11-9-20-14(16-11)22-15(17-20)18-5-3-13(4-6-18)19-7-8-21-12(2)10-19/h9,12-13H,3-8,10H2,1-2H3/t12-/m1/s1. The summed E-state index contributed by atoms with van der Waals surface area (Å²) in [4.78, 5) is 10.5. The number of hydrogen-bond donors (Lipinski definition) is 0. The van der Waals surface area contributed by atoms with Crippen LogP contribution in [0.5, 0.6) is 0 Å². The van der Waals surface area contributed by atoms with Gasteiger partial charge in [0.05, 0.1) is 24.6 Å². The predicted molar refractivity (Wildman–Crippen MR) is 87.8 cm³/mol. The van der Waals surface area contributed by atoms with Gasteiger partial charge in [-0.05, 0) is 26.7 Å². The van der Waals surface area contributed by atoms with E-state index in [1.54, 1.807) is 11.3 Å². The molecule has 2 aromatic heterocycles. The summed E-state index contributed by atoms with van der Waals surface area (Å²) in [5.74, 6) is 0. The van der Waals surface area contributed by atoms with Gasteiger partial charge in [0, 0.05) is 32.2 Å². The molecule has 2 saturated heterocycles. The number of rotatable bonds is 2. The van der Waals surface area contributed by atoms with Gasteiger partial charge in [0.15, 0.2) is 0 Å². The molecule has 7 heteroatoms. The normalized spacial score (nSPS) is 25.2. The van der Waals surface area contributed by atoms with Crippen molar-refractivity contribution in [1.29, 1.82) is 0 Å². The molecular formula is C15H23N5OS. The number of morpholine rings is 1. The molecule has 2 fully saturated rings. The number of fused-ring (bicyclic) bond motifs is 1. The molecule has 0 unspecified atom stereocenters. The highest BCUT2D eigenvalue weighted by Crippen LogP contribution is 2.27. The lowest BCUT2D eigenvalue weighted by molar-refractivity contribution is -0.0373. The second-order valence-electron chi connectivity index (χ2n) is 6.39. The summed E-state index contributed by atoms with van der Waals surface area (Å²) in [6.07, 6.45) is 4.81. The molecule has 2 aliphatic rings. The van der Waals surface area contributed by atoms with Crippen LogP contribution in [-0.4, -0.2) is 64.4 Å². The first-order chi connectivity index (χ1) is 10.7. The molecule has 2 aromatic rings. The van der Waals surface area contributed by atoms with Gasteiger partial charge >= 0.3 is 0 Å². The molecule has 4 rings (SSSR count). The Morgan fingerprint density at radius 3 is 2.82 bits per heavy atom. The molecule has 0 saturated carbocycles. The van der Waals surface area contributed by atoms with Crippen LogP contribution in [0.4, 0.5) is 5.13 Å². The average Bonchev–Trinajstić information content (AvgIpc) is 3.05. The molecule has 6 nitrogen and oxygen atoms in total. The number of imidazole rings is 1. The van der Waals surface area contributed by atoms with Crippen molar-refractivity contribution >= 4 is 21.4 Å². The lowest BCUT2D eigenvalue weighted by Crippen LogP contribution is -2.51. The minimum absolute atomic E-state index is 0.377. The summed E-state index contributed by atoms with van der Waals surface area (Å²) >= 11 is 1.69. The van der Waals surface area contributed by atoms with Crippen LogP contribution in [0.3, 0.4) is 0 Å². The van der Waals surface area contributed by atoms with Gasteiger partial charge < -0.3 is 9.64 Å². The molecule has 0 aliphatic carbocycles. The van der Waals surface area contributed by atoms with Crippen molar-refractivity contribution in [1.82, 2.24) is 19.5 Å². The number of hydrogen-bond acceptors (Lipinski definition) is 6. The van der Waals surface area contributed by atoms with Crippen LogP contribution in [0, 0.1) is 6.92 Å². The molecule has 4 heterocycles. The van der Waals surface area contributed by atoms with Crippen molar-refractivity contribution < 1.29 is 4.74 Å². The molecule has 0 N–H and O–H groups in total. The number of anilines is 1. The molecular weight excluding hydrogens is 298 g/mol. The van der Waals surface area contributed by atoms with Crippen LogP contribution in [0.2, 0.25) is 0 Å². The fraction of sp³-hybridized carbons (Fsp3) is 0.733. The van der Waals surface area contributed by atoms with Gasteiger partial charge in [-0.3, -0.25) is 4.90 Å². The zero-order valence-corrected chi connectivity index (χ0v) is 14.1. The Bertz CT molecular complexity index is 614. The minimum atomic E-state index is 0.377. The van der Waals surface area contributed by atoms with Crippen LogP contribution < -0.4 is 4.90 Å². The van der Waals surface area contributed by atoms with Crippen molar-refractivity contribution in [2.45, 2.75) is 38.8 Å². The second-order valence-corrected chi connectivity index (χ2v) is 7.32. The Morgan fingerprint density at radius 1 is 1.27 bits per heavy atom. The highest BCUT2D eigenvalue weighted by molar-refractivity contribution is 7.20. The van der Waals surface area contributed by atoms with E-state index < -0.39 is 0 Å². The molecule has 22 heavy (non-hydrogen) atoms. The molecule has 2 aliphatic heterocycles. The highest BCUT2D eigenvalue weighted by Gasteiger charge is 2.29. The van der Waals surface area contributed by atoms with Crippen LogP contribution in [0.25, 0.3) is 4.96 Å². The first-order valence-electron chi connectivity index (χ1n) is 8.12. The van der Waals surface area contributed by atoms with Crippen LogP contribution >= 0.6 is 11.3 Å². The van der Waals surface area contributed by atoms with E-state index in [2.05, 4.69) is 26.8 Å². The van der Waals surface area contributed by atoms with E-state index >= 15 is 0 Å². The Morgan fingerprint density at radius 2 is 2.09 bits per heavy atom. The Labute approximate surface area is 134 Å². The van der Waals surface area contributed by atoms with Crippen LogP contribution in [0.1, 0.15) is 25.5 Å². The van der Waals surface area contributed by atoms with Crippen LogP contribution in [0.15, 0.2) is 6.20 Å². The summed E-state index contributed by atoms with van der Waals surface area (Å²) < 4.78 is 7.56. The topological polar surface area (TPSA) is 45.9 Å². The second kappa shape index (κ2) is 5.79. The van der Waals surface area contributed by atoms with Crippen molar-refractivity contribution in [2.75, 3.05) is 37.7 Å². The van der Waals surface area contributed by atoms with E-state index in [1.165, 1.54) is 12.8 Å². The number of ether oxygens (including phenoxy) is 1. The third-order valence-electron chi connectivity index (χ3n) is 4.68. The molecule has 120 valence electrons. The van der Waals surface area contributed by atoms with Crippen LogP contribution in [-0.2, 0) is 4.74 Å². The first kappa shape index (κ1) is 14.4. The lowest BCUT2D eigenvalue weighted by atomic mass is 10.0. The van der Waals surface area contributed by atoms with E-state index in [0.717, 1.165) is 48.6 Å². The highest BCUT2D eigenvalue weighted by atomic mass is 32.1. The third kappa shape index (κ3) is 2.73. The van der Waals surface area contributed by atoms with Crippen molar-refractivity contribution in [3.8, 4) is 0 Å². The molecule has 0 spiro atoms. The molecule has 0 aromatic carbocycles. The summed E-state index contributed by atoms with van der Waals surface area (Å²) in [7, 11) is 0. The van der Waals surface area contributed by atoms with Gasteiger partial charge in [-0.25, -0.2) is 9.50 Å². The quantitative estimate of drug-likeness (QED) is 0.844. The Hall–Kier alpha value is -1.18. The Kier molecular flexibility index (Phi) is 3.79. The smallest absolute Gasteiger partial charge is 0.214 e. The lowest BCUT2D eigenvalue weighted by Gasteiger charge is -2.41. The number of aromatic nitrogens is 3. The largest absolute Gasteiger partial charge is 0.376 e. The van der Waals surface area contributed by atoms with Gasteiger partial charge in [-0.2, -0.15) is 0 Å². The van der Waals surface area contributed by atoms with E-state index in [1.807, 2.05) is 17.6 Å². The number of piperidine rings is 1. The summed E-state index contributed by atoms with van der Waals surface area (Å²) in [6.45, 7) is 9.40. The van der Waals surface area contributed by atoms with Gasteiger partial charge in [0.1, 0.15) is 0 Å². The SMILES string of the molecule is Cc1cn2nc(N3CCC(N4CCO[C@H](C)C4)CC3)sc2n1. The summed E-state index contributed by atoms with van der Waals surface area (Å²) in [5, 5.41) is 5.78. The average molecular weight is 321 g/mol.